The zero-order valence-corrected chi connectivity index (χ0v) is 10.9. The van der Waals surface area contributed by atoms with Gasteiger partial charge in [-0.25, -0.2) is 4.98 Å². The van der Waals surface area contributed by atoms with Gasteiger partial charge in [-0.2, -0.15) is 0 Å². The largest absolute Gasteiger partial charge is 0.298 e. The molecule has 0 aliphatic carbocycles. The van der Waals surface area contributed by atoms with E-state index in [-0.39, 0.29) is 0 Å². The molecule has 0 unspecified atom stereocenters. The molecule has 0 bridgehead atoms. The van der Waals surface area contributed by atoms with Crippen LogP contribution in [0, 0.1) is 0 Å². The van der Waals surface area contributed by atoms with Crippen LogP contribution in [-0.2, 0) is 0 Å². The standard InChI is InChI=1S/C18H13NO/c20-13-14-9-11-16(12-10-14)18-8-4-7-17(19-18)15-5-2-1-3-6-15/h1-13H. The molecule has 0 spiro atoms. The Balaban J connectivity index is 2.00. The number of hydrogen-bond donors (Lipinski definition) is 0. The maximum Gasteiger partial charge on any atom is 0.150 e. The van der Waals surface area contributed by atoms with Gasteiger partial charge in [0.1, 0.15) is 6.29 Å². The van der Waals surface area contributed by atoms with E-state index >= 15 is 0 Å². The van der Waals surface area contributed by atoms with Gasteiger partial charge in [-0.1, -0.05) is 60.7 Å². The van der Waals surface area contributed by atoms with Crippen molar-refractivity contribution >= 4 is 6.29 Å². The first kappa shape index (κ1) is 12.3. The van der Waals surface area contributed by atoms with Crippen LogP contribution in [0.2, 0.25) is 0 Å². The molecule has 0 atom stereocenters. The molecule has 2 aromatic carbocycles. The number of nitrogens with zero attached hydrogens (tertiary/aromatic N) is 1. The van der Waals surface area contributed by atoms with Crippen molar-refractivity contribution in [1.29, 1.82) is 0 Å². The average Bonchev–Trinajstić information content (AvgIpc) is 2.56. The first-order valence-corrected chi connectivity index (χ1v) is 6.45. The van der Waals surface area contributed by atoms with Crippen LogP contribution < -0.4 is 0 Å². The monoisotopic (exact) mass is 259 g/mol. The SMILES string of the molecule is O=Cc1ccc(-c2cccc(-c3ccccc3)n2)cc1. The van der Waals surface area contributed by atoms with E-state index in [4.69, 9.17) is 0 Å². The minimum atomic E-state index is 0.674. The van der Waals surface area contributed by atoms with Crippen molar-refractivity contribution in [2.45, 2.75) is 0 Å². The number of carbonyl (C=O) groups is 1. The van der Waals surface area contributed by atoms with E-state index < -0.39 is 0 Å². The Morgan fingerprint density at radius 3 is 1.85 bits per heavy atom. The van der Waals surface area contributed by atoms with Gasteiger partial charge >= 0.3 is 0 Å². The Kier molecular flexibility index (Phi) is 3.38. The Morgan fingerprint density at radius 1 is 0.650 bits per heavy atom. The minimum Gasteiger partial charge on any atom is -0.298 e. The van der Waals surface area contributed by atoms with Gasteiger partial charge in [0, 0.05) is 16.7 Å². The Labute approximate surface area is 117 Å². The first-order chi connectivity index (χ1) is 9.86. The third-order valence-corrected chi connectivity index (χ3v) is 3.16. The zero-order valence-electron chi connectivity index (χ0n) is 10.9. The highest BCUT2D eigenvalue weighted by atomic mass is 16.1. The van der Waals surface area contributed by atoms with Crippen LogP contribution in [0.15, 0.2) is 72.8 Å². The van der Waals surface area contributed by atoms with Crippen molar-refractivity contribution in [3.63, 3.8) is 0 Å². The molecule has 0 radical (unpaired) electrons. The molecule has 0 aliphatic rings. The van der Waals surface area contributed by atoms with Gasteiger partial charge in [-0.15, -0.1) is 0 Å². The molecule has 2 nitrogen and oxygen atoms in total. The Hall–Kier alpha value is -2.74. The second-order valence-electron chi connectivity index (χ2n) is 4.51. The molecule has 0 saturated heterocycles. The molecule has 20 heavy (non-hydrogen) atoms. The zero-order chi connectivity index (χ0) is 13.8. The third kappa shape index (κ3) is 2.50. The highest BCUT2D eigenvalue weighted by Crippen LogP contribution is 2.22. The molecule has 1 heterocycles. The van der Waals surface area contributed by atoms with Gasteiger partial charge in [0.05, 0.1) is 11.4 Å². The van der Waals surface area contributed by atoms with Crippen molar-refractivity contribution < 1.29 is 4.79 Å². The third-order valence-electron chi connectivity index (χ3n) is 3.16. The van der Waals surface area contributed by atoms with Crippen molar-refractivity contribution in [2.75, 3.05) is 0 Å². The predicted molar refractivity (Wildman–Crippen MR) is 80.5 cm³/mol. The maximum absolute atomic E-state index is 10.7. The van der Waals surface area contributed by atoms with E-state index in [1.54, 1.807) is 12.1 Å². The fourth-order valence-corrected chi connectivity index (χ4v) is 2.10. The lowest BCUT2D eigenvalue weighted by atomic mass is 10.1. The molecule has 2 heteroatoms. The Morgan fingerprint density at radius 2 is 1.25 bits per heavy atom. The molecule has 0 N–H and O–H groups in total. The summed E-state index contributed by atoms with van der Waals surface area (Å²) in [6, 6.07) is 23.5. The lowest BCUT2D eigenvalue weighted by Crippen LogP contribution is -1.88. The van der Waals surface area contributed by atoms with Crippen LogP contribution in [0.4, 0.5) is 0 Å². The van der Waals surface area contributed by atoms with Crippen LogP contribution in [0.3, 0.4) is 0 Å². The summed E-state index contributed by atoms with van der Waals surface area (Å²) >= 11 is 0. The number of hydrogen-bond acceptors (Lipinski definition) is 2. The van der Waals surface area contributed by atoms with Crippen molar-refractivity contribution in [2.24, 2.45) is 0 Å². The van der Waals surface area contributed by atoms with E-state index in [1.807, 2.05) is 60.7 Å². The topological polar surface area (TPSA) is 30.0 Å². The molecular formula is C18H13NO. The van der Waals surface area contributed by atoms with Gasteiger partial charge in [0.25, 0.3) is 0 Å². The average molecular weight is 259 g/mol. The number of aromatic nitrogens is 1. The summed E-state index contributed by atoms with van der Waals surface area (Å²) in [6.45, 7) is 0. The highest BCUT2D eigenvalue weighted by Gasteiger charge is 2.03. The fourth-order valence-electron chi connectivity index (χ4n) is 2.10. The molecule has 1 aromatic heterocycles. The van der Waals surface area contributed by atoms with Crippen LogP contribution in [0.5, 0.6) is 0 Å². The van der Waals surface area contributed by atoms with E-state index in [2.05, 4.69) is 4.98 Å². The van der Waals surface area contributed by atoms with E-state index in [9.17, 15) is 4.79 Å². The van der Waals surface area contributed by atoms with E-state index in [0.717, 1.165) is 28.8 Å². The van der Waals surface area contributed by atoms with E-state index in [0.29, 0.717) is 5.56 Å². The van der Waals surface area contributed by atoms with E-state index in [1.165, 1.54) is 0 Å². The van der Waals surface area contributed by atoms with Crippen LogP contribution in [-0.4, -0.2) is 11.3 Å². The van der Waals surface area contributed by atoms with Crippen LogP contribution in [0.25, 0.3) is 22.5 Å². The van der Waals surface area contributed by atoms with Crippen molar-refractivity contribution in [3.8, 4) is 22.5 Å². The minimum absolute atomic E-state index is 0.674. The molecule has 0 amide bonds. The second kappa shape index (κ2) is 5.49. The van der Waals surface area contributed by atoms with Gasteiger partial charge in [-0.3, -0.25) is 4.79 Å². The van der Waals surface area contributed by atoms with Gasteiger partial charge in [0.2, 0.25) is 0 Å². The molecule has 0 saturated carbocycles. The van der Waals surface area contributed by atoms with Gasteiger partial charge < -0.3 is 0 Å². The summed E-state index contributed by atoms with van der Waals surface area (Å²) in [5.74, 6) is 0. The van der Waals surface area contributed by atoms with Crippen molar-refractivity contribution in [3.05, 3.63) is 78.4 Å². The van der Waals surface area contributed by atoms with Crippen molar-refractivity contribution in [1.82, 2.24) is 4.98 Å². The van der Waals surface area contributed by atoms with Gasteiger partial charge in [0.15, 0.2) is 0 Å². The lowest BCUT2D eigenvalue weighted by Gasteiger charge is -2.05. The molecule has 3 rings (SSSR count). The number of rotatable bonds is 3. The summed E-state index contributed by atoms with van der Waals surface area (Å²) in [6.07, 6.45) is 0.845. The second-order valence-corrected chi connectivity index (χ2v) is 4.51. The predicted octanol–water partition coefficient (Wildman–Crippen LogP) is 4.23. The number of aldehydes is 1. The van der Waals surface area contributed by atoms with Crippen LogP contribution >= 0.6 is 0 Å². The summed E-state index contributed by atoms with van der Waals surface area (Å²) in [7, 11) is 0. The molecule has 96 valence electrons. The highest BCUT2D eigenvalue weighted by molar-refractivity contribution is 5.76. The summed E-state index contributed by atoms with van der Waals surface area (Å²) in [4.78, 5) is 15.4. The quantitative estimate of drug-likeness (QED) is 0.659. The molecule has 0 fully saturated rings. The number of pyridine rings is 1. The maximum atomic E-state index is 10.7. The number of benzene rings is 2. The van der Waals surface area contributed by atoms with Crippen LogP contribution in [0.1, 0.15) is 10.4 Å². The molecule has 3 aromatic rings. The summed E-state index contributed by atoms with van der Waals surface area (Å²) in [5.41, 5.74) is 4.63. The molecular weight excluding hydrogens is 246 g/mol. The summed E-state index contributed by atoms with van der Waals surface area (Å²) < 4.78 is 0. The molecule has 0 aliphatic heterocycles. The van der Waals surface area contributed by atoms with Gasteiger partial charge in [-0.05, 0) is 12.1 Å². The lowest BCUT2D eigenvalue weighted by molar-refractivity contribution is 0.112. The number of carbonyl (C=O) groups excluding carboxylic acids is 1. The smallest absolute Gasteiger partial charge is 0.150 e. The Bertz CT molecular complexity index is 718. The first-order valence-electron chi connectivity index (χ1n) is 6.45. The normalized spacial score (nSPS) is 10.2. The summed E-state index contributed by atoms with van der Waals surface area (Å²) in [5, 5.41) is 0. The fraction of sp³-hybridized carbons (Fsp3) is 0.